The van der Waals surface area contributed by atoms with Crippen LogP contribution in [0.15, 0.2) is 6.33 Å². The molecule has 2 heterocycles. The molecule has 0 saturated carbocycles. The Morgan fingerprint density at radius 2 is 2.29 bits per heavy atom. The Morgan fingerprint density at radius 1 is 1.59 bits per heavy atom. The minimum atomic E-state index is -0.950. The highest BCUT2D eigenvalue weighted by atomic mass is 16.4. The molecule has 0 amide bonds. The van der Waals surface area contributed by atoms with Crippen LogP contribution in [0.3, 0.4) is 0 Å². The van der Waals surface area contributed by atoms with Crippen molar-refractivity contribution in [2.75, 3.05) is 24.2 Å². The molecule has 0 radical (unpaired) electrons. The molecule has 2 aromatic rings. The number of rotatable bonds is 3. The molecule has 0 aromatic carbocycles. The van der Waals surface area contributed by atoms with Gasteiger partial charge in [-0.25, -0.2) is 4.98 Å². The normalized spacial score (nSPS) is 10.7. The lowest BCUT2D eigenvalue weighted by atomic mass is 10.4. The van der Waals surface area contributed by atoms with Gasteiger partial charge in [0, 0.05) is 14.1 Å². The van der Waals surface area contributed by atoms with Gasteiger partial charge >= 0.3 is 5.97 Å². The minimum absolute atomic E-state index is 0.0911. The number of fused-ring (bicyclic) bond motifs is 1. The summed E-state index contributed by atoms with van der Waals surface area (Å²) in [6.07, 6.45) is 1.58. The number of nitrogen functional groups attached to an aromatic ring is 1. The summed E-state index contributed by atoms with van der Waals surface area (Å²) >= 11 is 0. The largest absolute Gasteiger partial charge is 0.480 e. The molecule has 90 valence electrons. The molecule has 2 aromatic heterocycles. The molecule has 8 nitrogen and oxygen atoms in total. The molecular weight excluding hydrogens is 224 g/mol. The van der Waals surface area contributed by atoms with Crippen LogP contribution in [0.1, 0.15) is 0 Å². The summed E-state index contributed by atoms with van der Waals surface area (Å²) in [6, 6.07) is 0. The number of aliphatic carboxylic acids is 1. The quantitative estimate of drug-likeness (QED) is 0.736. The van der Waals surface area contributed by atoms with E-state index in [1.807, 2.05) is 0 Å². The van der Waals surface area contributed by atoms with E-state index in [4.69, 9.17) is 10.8 Å². The van der Waals surface area contributed by atoms with Gasteiger partial charge < -0.3 is 20.3 Å². The average Bonchev–Trinajstić information content (AvgIpc) is 2.58. The molecule has 0 aliphatic rings. The first-order chi connectivity index (χ1) is 7.99. The Kier molecular flexibility index (Phi) is 2.54. The fourth-order valence-corrected chi connectivity index (χ4v) is 1.55. The number of carbonyl (C=O) groups is 1. The second-order valence-electron chi connectivity index (χ2n) is 3.68. The molecule has 2 rings (SSSR count). The van der Waals surface area contributed by atoms with Crippen molar-refractivity contribution in [1.29, 1.82) is 0 Å². The molecule has 0 bridgehead atoms. The third kappa shape index (κ3) is 1.96. The molecule has 0 aliphatic carbocycles. The van der Waals surface area contributed by atoms with E-state index in [1.165, 1.54) is 4.90 Å². The molecule has 17 heavy (non-hydrogen) atoms. The molecular formula is C9H12N6O2. The number of hydrogen-bond donors (Lipinski definition) is 2. The van der Waals surface area contributed by atoms with E-state index in [9.17, 15) is 4.79 Å². The third-order valence-corrected chi connectivity index (χ3v) is 2.29. The second kappa shape index (κ2) is 3.89. The highest BCUT2D eigenvalue weighted by Gasteiger charge is 2.15. The highest BCUT2D eigenvalue weighted by molar-refractivity contribution is 5.86. The fourth-order valence-electron chi connectivity index (χ4n) is 1.55. The molecule has 0 fully saturated rings. The van der Waals surface area contributed by atoms with Crippen molar-refractivity contribution in [3.63, 3.8) is 0 Å². The van der Waals surface area contributed by atoms with Crippen molar-refractivity contribution in [3.8, 4) is 0 Å². The van der Waals surface area contributed by atoms with Gasteiger partial charge in [0.25, 0.3) is 0 Å². The zero-order chi connectivity index (χ0) is 12.6. The van der Waals surface area contributed by atoms with Crippen molar-refractivity contribution in [3.05, 3.63) is 6.33 Å². The molecule has 0 atom stereocenters. The Bertz CT molecular complexity index is 578. The predicted molar refractivity (Wildman–Crippen MR) is 61.6 cm³/mol. The number of hydrogen-bond acceptors (Lipinski definition) is 6. The Labute approximate surface area is 96.7 Å². The molecule has 0 saturated heterocycles. The molecule has 3 N–H and O–H groups in total. The van der Waals surface area contributed by atoms with Gasteiger partial charge in [0.2, 0.25) is 5.95 Å². The number of carboxylic acid groups (broad SMARTS) is 1. The van der Waals surface area contributed by atoms with Gasteiger partial charge in [-0.1, -0.05) is 0 Å². The first-order valence-corrected chi connectivity index (χ1v) is 4.86. The summed E-state index contributed by atoms with van der Waals surface area (Å²) in [7, 11) is 3.40. The predicted octanol–water partition coefficient (Wildman–Crippen LogP) is -0.534. The lowest BCUT2D eigenvalue weighted by Gasteiger charge is -2.15. The Hall–Kier alpha value is -2.38. The number of imidazole rings is 1. The van der Waals surface area contributed by atoms with E-state index in [2.05, 4.69) is 15.0 Å². The maximum absolute atomic E-state index is 10.7. The van der Waals surface area contributed by atoms with E-state index < -0.39 is 5.97 Å². The van der Waals surface area contributed by atoms with E-state index in [0.717, 1.165) is 0 Å². The summed E-state index contributed by atoms with van der Waals surface area (Å²) in [5.41, 5.74) is 6.69. The van der Waals surface area contributed by atoms with E-state index in [1.54, 1.807) is 25.0 Å². The van der Waals surface area contributed by atoms with Crippen LogP contribution in [0.5, 0.6) is 0 Å². The lowest BCUT2D eigenvalue weighted by Crippen LogP contribution is -2.26. The molecule has 0 aliphatic heterocycles. The number of anilines is 2. The van der Waals surface area contributed by atoms with Crippen molar-refractivity contribution in [2.45, 2.75) is 0 Å². The highest BCUT2D eigenvalue weighted by Crippen LogP contribution is 2.21. The Balaban J connectivity index is 2.56. The van der Waals surface area contributed by atoms with Crippen LogP contribution in [0.25, 0.3) is 11.2 Å². The smallest absolute Gasteiger partial charge is 0.323 e. The van der Waals surface area contributed by atoms with Crippen LogP contribution in [0.2, 0.25) is 0 Å². The number of nitrogens with two attached hydrogens (primary N) is 1. The van der Waals surface area contributed by atoms with Crippen LogP contribution in [-0.4, -0.2) is 44.2 Å². The van der Waals surface area contributed by atoms with Gasteiger partial charge in [-0.3, -0.25) is 4.79 Å². The lowest BCUT2D eigenvalue weighted by molar-refractivity contribution is -0.135. The first kappa shape index (κ1) is 11.1. The first-order valence-electron chi connectivity index (χ1n) is 4.86. The fraction of sp³-hybridized carbons (Fsp3) is 0.333. The number of aromatic nitrogens is 4. The van der Waals surface area contributed by atoms with Gasteiger partial charge in [0.05, 0.1) is 6.33 Å². The second-order valence-corrected chi connectivity index (χ2v) is 3.68. The summed E-state index contributed by atoms with van der Waals surface area (Å²) in [6.45, 7) is -0.178. The monoisotopic (exact) mass is 236 g/mol. The summed E-state index contributed by atoms with van der Waals surface area (Å²) in [5, 5.41) is 8.75. The van der Waals surface area contributed by atoms with Crippen LogP contribution in [0, 0.1) is 0 Å². The van der Waals surface area contributed by atoms with Crippen LogP contribution >= 0.6 is 0 Å². The number of likely N-dealkylation sites (N-methyl/N-ethyl adjacent to an activating group) is 1. The van der Waals surface area contributed by atoms with Crippen LogP contribution in [0.4, 0.5) is 11.8 Å². The van der Waals surface area contributed by atoms with Crippen molar-refractivity contribution in [2.24, 2.45) is 7.05 Å². The van der Waals surface area contributed by atoms with E-state index in [0.29, 0.717) is 17.0 Å². The van der Waals surface area contributed by atoms with Crippen LogP contribution in [-0.2, 0) is 11.8 Å². The molecule has 0 unspecified atom stereocenters. The maximum Gasteiger partial charge on any atom is 0.323 e. The van der Waals surface area contributed by atoms with Gasteiger partial charge in [-0.05, 0) is 0 Å². The molecule has 8 heteroatoms. The number of nitrogens with zero attached hydrogens (tertiary/aromatic N) is 5. The van der Waals surface area contributed by atoms with Crippen molar-refractivity contribution < 1.29 is 9.90 Å². The maximum atomic E-state index is 10.7. The zero-order valence-corrected chi connectivity index (χ0v) is 9.45. The van der Waals surface area contributed by atoms with E-state index in [-0.39, 0.29) is 12.5 Å². The summed E-state index contributed by atoms with van der Waals surface area (Å²) < 4.78 is 1.70. The minimum Gasteiger partial charge on any atom is -0.480 e. The molecule has 0 spiro atoms. The van der Waals surface area contributed by atoms with Gasteiger partial charge in [0.1, 0.15) is 6.54 Å². The Morgan fingerprint density at radius 3 is 2.94 bits per heavy atom. The van der Waals surface area contributed by atoms with Crippen molar-refractivity contribution in [1.82, 2.24) is 19.5 Å². The van der Waals surface area contributed by atoms with E-state index >= 15 is 0 Å². The van der Waals surface area contributed by atoms with Crippen molar-refractivity contribution >= 4 is 28.9 Å². The van der Waals surface area contributed by atoms with Gasteiger partial charge in [-0.15, -0.1) is 0 Å². The van der Waals surface area contributed by atoms with Gasteiger partial charge in [-0.2, -0.15) is 9.97 Å². The summed E-state index contributed by atoms with van der Waals surface area (Å²) in [5.74, 6) is -0.447. The number of carboxylic acids is 1. The van der Waals surface area contributed by atoms with Gasteiger partial charge in [0.15, 0.2) is 17.0 Å². The summed E-state index contributed by atoms with van der Waals surface area (Å²) in [4.78, 5) is 24.3. The van der Waals surface area contributed by atoms with Crippen LogP contribution < -0.4 is 10.6 Å². The SMILES string of the molecule is CN(CC(=O)O)c1nc(N)nc2c1ncn2C. The standard InChI is InChI=1S/C9H12N6O2/c1-14(3-5(16)17)7-6-8(13-9(10)12-7)15(2)4-11-6/h4H,3H2,1-2H3,(H,16,17)(H2,10,12,13). The zero-order valence-electron chi connectivity index (χ0n) is 9.45. The third-order valence-electron chi connectivity index (χ3n) is 2.29. The average molecular weight is 236 g/mol. The number of aryl methyl sites for hydroxylation is 1. The topological polar surface area (TPSA) is 110 Å².